The third-order valence-corrected chi connectivity index (χ3v) is 5.17. The van der Waals surface area contributed by atoms with Crippen LogP contribution in [0.4, 0.5) is 5.69 Å². The summed E-state index contributed by atoms with van der Waals surface area (Å²) in [5.74, 6) is 0.174. The van der Waals surface area contributed by atoms with E-state index in [0.717, 1.165) is 37.2 Å². The van der Waals surface area contributed by atoms with Gasteiger partial charge >= 0.3 is 0 Å². The average Bonchev–Trinajstić information content (AvgIpc) is 2.67. The first-order chi connectivity index (χ1) is 13.3. The Morgan fingerprint density at radius 3 is 2.64 bits per heavy atom. The zero-order valence-electron chi connectivity index (χ0n) is 17.2. The van der Waals surface area contributed by atoms with Crippen LogP contribution >= 0.6 is 0 Å². The highest BCUT2D eigenvalue weighted by Crippen LogP contribution is 2.29. The molecule has 2 heterocycles. The van der Waals surface area contributed by atoms with Crippen LogP contribution in [-0.4, -0.2) is 34.8 Å². The number of piperidine rings is 1. The maximum absolute atomic E-state index is 12.8. The van der Waals surface area contributed by atoms with Gasteiger partial charge in [0.05, 0.1) is 0 Å². The number of benzene rings is 1. The summed E-state index contributed by atoms with van der Waals surface area (Å²) in [5.41, 5.74) is 2.49. The van der Waals surface area contributed by atoms with Gasteiger partial charge in [-0.3, -0.25) is 14.6 Å². The molecule has 0 radical (unpaired) electrons. The van der Waals surface area contributed by atoms with Crippen LogP contribution in [0.5, 0.6) is 0 Å². The van der Waals surface area contributed by atoms with Crippen LogP contribution < -0.4 is 5.32 Å². The van der Waals surface area contributed by atoms with Gasteiger partial charge in [0.25, 0.3) is 11.8 Å². The number of likely N-dealkylation sites (tertiary alicyclic amines) is 1. The molecule has 0 bridgehead atoms. The van der Waals surface area contributed by atoms with E-state index >= 15 is 0 Å². The number of nitrogens with zero attached hydrogens (tertiary/aromatic N) is 2. The maximum Gasteiger partial charge on any atom is 0.274 e. The average molecular weight is 380 g/mol. The Bertz CT molecular complexity index is 870. The molecule has 1 aromatic heterocycles. The number of anilines is 1. The summed E-state index contributed by atoms with van der Waals surface area (Å²) in [6.45, 7) is 10.0. The van der Waals surface area contributed by atoms with Crippen molar-refractivity contribution in [3.8, 4) is 0 Å². The summed E-state index contributed by atoms with van der Waals surface area (Å²) >= 11 is 0. The monoisotopic (exact) mass is 379 g/mol. The Morgan fingerprint density at radius 2 is 1.93 bits per heavy atom. The predicted molar refractivity (Wildman–Crippen MR) is 112 cm³/mol. The van der Waals surface area contributed by atoms with Gasteiger partial charge < -0.3 is 10.2 Å². The lowest BCUT2D eigenvalue weighted by molar-refractivity contribution is 0.0683. The Morgan fingerprint density at radius 1 is 1.18 bits per heavy atom. The van der Waals surface area contributed by atoms with Gasteiger partial charge in [-0.15, -0.1) is 0 Å². The molecule has 0 saturated carbocycles. The molecule has 1 N–H and O–H groups in total. The van der Waals surface area contributed by atoms with Gasteiger partial charge in [0.1, 0.15) is 5.69 Å². The molecule has 3 rings (SSSR count). The molecule has 148 valence electrons. The molecule has 2 aromatic rings. The van der Waals surface area contributed by atoms with Crippen molar-refractivity contribution in [2.24, 2.45) is 5.92 Å². The van der Waals surface area contributed by atoms with E-state index in [-0.39, 0.29) is 22.9 Å². The quantitative estimate of drug-likeness (QED) is 0.854. The van der Waals surface area contributed by atoms with E-state index in [0.29, 0.717) is 11.5 Å². The number of hydrogen-bond donors (Lipinski definition) is 1. The van der Waals surface area contributed by atoms with E-state index in [2.05, 4.69) is 38.0 Å². The van der Waals surface area contributed by atoms with E-state index in [1.807, 2.05) is 29.2 Å². The number of para-hydroxylation sites is 1. The number of pyridine rings is 1. The van der Waals surface area contributed by atoms with Crippen LogP contribution in [0.3, 0.4) is 0 Å². The molecule has 1 aromatic carbocycles. The highest BCUT2D eigenvalue weighted by Gasteiger charge is 2.23. The van der Waals surface area contributed by atoms with Crippen LogP contribution in [0.15, 0.2) is 42.6 Å². The van der Waals surface area contributed by atoms with Gasteiger partial charge in [0.15, 0.2) is 0 Å². The summed E-state index contributed by atoms with van der Waals surface area (Å²) in [6, 6.07) is 11.0. The first-order valence-electron chi connectivity index (χ1n) is 9.92. The second-order valence-electron chi connectivity index (χ2n) is 8.68. The summed E-state index contributed by atoms with van der Waals surface area (Å²) in [7, 11) is 0. The first-order valence-corrected chi connectivity index (χ1v) is 9.92. The molecule has 0 spiro atoms. The van der Waals surface area contributed by atoms with Crippen molar-refractivity contribution < 1.29 is 9.59 Å². The standard InChI is InChI=1S/C23H29N3O2/c1-16-8-7-13-26(15-16)22(28)17-11-12-24-20(14-17)21(27)25-19-10-6-5-9-18(19)23(2,3)4/h5-6,9-12,14,16H,7-8,13,15H2,1-4H3,(H,25,27). The Hall–Kier alpha value is -2.69. The molecule has 1 unspecified atom stereocenters. The van der Waals surface area contributed by atoms with Gasteiger partial charge in [-0.05, 0) is 47.9 Å². The number of rotatable bonds is 3. The van der Waals surface area contributed by atoms with Crippen molar-refractivity contribution in [3.05, 3.63) is 59.4 Å². The predicted octanol–water partition coefficient (Wildman–Crippen LogP) is 4.50. The van der Waals surface area contributed by atoms with E-state index in [1.165, 1.54) is 6.20 Å². The molecular weight excluding hydrogens is 350 g/mol. The van der Waals surface area contributed by atoms with Gasteiger partial charge in [-0.2, -0.15) is 0 Å². The second kappa shape index (κ2) is 8.13. The molecule has 5 heteroatoms. The molecule has 28 heavy (non-hydrogen) atoms. The first kappa shape index (κ1) is 20.1. The molecule has 1 fully saturated rings. The van der Waals surface area contributed by atoms with Crippen molar-refractivity contribution >= 4 is 17.5 Å². The number of amides is 2. The van der Waals surface area contributed by atoms with Gasteiger partial charge in [0, 0.05) is 30.5 Å². The lowest BCUT2D eigenvalue weighted by Crippen LogP contribution is -2.39. The maximum atomic E-state index is 12.8. The topological polar surface area (TPSA) is 62.3 Å². The van der Waals surface area contributed by atoms with E-state index < -0.39 is 0 Å². The molecule has 1 aliphatic rings. The minimum atomic E-state index is -0.307. The fourth-order valence-electron chi connectivity index (χ4n) is 3.68. The Balaban J connectivity index is 1.79. The van der Waals surface area contributed by atoms with Crippen LogP contribution in [0.2, 0.25) is 0 Å². The summed E-state index contributed by atoms with van der Waals surface area (Å²) < 4.78 is 0. The summed E-state index contributed by atoms with van der Waals surface area (Å²) in [5, 5.41) is 2.96. The van der Waals surface area contributed by atoms with Crippen molar-refractivity contribution in [1.82, 2.24) is 9.88 Å². The SMILES string of the molecule is CC1CCCN(C(=O)c2ccnc(C(=O)Nc3ccccc3C(C)(C)C)c2)C1. The van der Waals surface area contributed by atoms with Crippen LogP contribution in [0.1, 0.15) is 66.9 Å². The van der Waals surface area contributed by atoms with Gasteiger partial charge in [-0.25, -0.2) is 0 Å². The highest BCUT2D eigenvalue weighted by molar-refractivity contribution is 6.05. The van der Waals surface area contributed by atoms with Crippen molar-refractivity contribution in [3.63, 3.8) is 0 Å². The van der Waals surface area contributed by atoms with Gasteiger partial charge in [0.2, 0.25) is 0 Å². The summed E-state index contributed by atoms with van der Waals surface area (Å²) in [4.78, 5) is 31.7. The third-order valence-electron chi connectivity index (χ3n) is 5.17. The zero-order chi connectivity index (χ0) is 20.3. The highest BCUT2D eigenvalue weighted by atomic mass is 16.2. The van der Waals surface area contributed by atoms with Crippen molar-refractivity contribution in [1.29, 1.82) is 0 Å². The molecule has 2 amide bonds. The molecule has 1 atom stereocenters. The fraction of sp³-hybridized carbons (Fsp3) is 0.435. The second-order valence-corrected chi connectivity index (χ2v) is 8.68. The fourth-order valence-corrected chi connectivity index (χ4v) is 3.68. The zero-order valence-corrected chi connectivity index (χ0v) is 17.2. The third kappa shape index (κ3) is 4.58. The molecular formula is C23H29N3O2. The number of hydrogen-bond acceptors (Lipinski definition) is 3. The molecule has 1 saturated heterocycles. The Labute approximate surface area is 167 Å². The van der Waals surface area contributed by atoms with Crippen LogP contribution in [0, 0.1) is 5.92 Å². The van der Waals surface area contributed by atoms with E-state index in [1.54, 1.807) is 12.1 Å². The van der Waals surface area contributed by atoms with Crippen LogP contribution in [0.25, 0.3) is 0 Å². The van der Waals surface area contributed by atoms with Crippen molar-refractivity contribution in [2.75, 3.05) is 18.4 Å². The largest absolute Gasteiger partial charge is 0.338 e. The lowest BCUT2D eigenvalue weighted by Gasteiger charge is -2.31. The normalized spacial score (nSPS) is 17.3. The molecule has 0 aliphatic carbocycles. The number of nitrogens with one attached hydrogen (secondary N) is 1. The van der Waals surface area contributed by atoms with Crippen LogP contribution in [-0.2, 0) is 5.41 Å². The smallest absolute Gasteiger partial charge is 0.274 e. The Kier molecular flexibility index (Phi) is 5.82. The minimum absolute atomic E-state index is 0.0295. The number of carbonyl (C=O) groups excluding carboxylic acids is 2. The number of aromatic nitrogens is 1. The number of carbonyl (C=O) groups is 2. The van der Waals surface area contributed by atoms with Crippen molar-refractivity contribution in [2.45, 2.75) is 46.0 Å². The minimum Gasteiger partial charge on any atom is -0.338 e. The van der Waals surface area contributed by atoms with E-state index in [4.69, 9.17) is 0 Å². The molecule has 1 aliphatic heterocycles. The molecule has 5 nitrogen and oxygen atoms in total. The summed E-state index contributed by atoms with van der Waals surface area (Å²) in [6.07, 6.45) is 3.71. The van der Waals surface area contributed by atoms with E-state index in [9.17, 15) is 9.59 Å². The lowest BCUT2D eigenvalue weighted by atomic mass is 9.86. The van der Waals surface area contributed by atoms with Gasteiger partial charge in [-0.1, -0.05) is 45.9 Å².